The maximum atomic E-state index is 14.0. The molecule has 0 spiro atoms. The molecule has 0 N–H and O–H groups in total. The summed E-state index contributed by atoms with van der Waals surface area (Å²) in [5.74, 6) is 4.48. The Kier molecular flexibility index (Phi) is 5.54. The van der Waals surface area contributed by atoms with Crippen LogP contribution in [0.1, 0.15) is 105 Å². The largest absolute Gasteiger partial charge is 0.247 e. The molecule has 4 aliphatic rings. The minimum Gasteiger partial charge on any atom is -0.247 e. The van der Waals surface area contributed by atoms with Crippen LogP contribution in [0.5, 0.6) is 0 Å². The summed E-state index contributed by atoms with van der Waals surface area (Å²) in [5.41, 5.74) is 2.41. The van der Waals surface area contributed by atoms with Gasteiger partial charge in [-0.25, -0.2) is 4.39 Å². The molecule has 0 unspecified atom stereocenters. The first-order chi connectivity index (χ1) is 12.8. The maximum absolute atomic E-state index is 14.0. The highest BCUT2D eigenvalue weighted by Crippen LogP contribution is 2.66. The molecule has 4 rings (SSSR count). The minimum absolute atomic E-state index is 0.322. The van der Waals surface area contributed by atoms with E-state index in [-0.39, 0.29) is 0 Å². The topological polar surface area (TPSA) is 0 Å². The molecular formula is C26H43F. The summed E-state index contributed by atoms with van der Waals surface area (Å²) < 4.78 is 14.0. The summed E-state index contributed by atoms with van der Waals surface area (Å²) in [6, 6.07) is 0. The molecule has 0 aromatic rings. The summed E-state index contributed by atoms with van der Waals surface area (Å²) in [6.45, 7) is 9.88. The monoisotopic (exact) mass is 374 g/mol. The Morgan fingerprint density at radius 1 is 1.04 bits per heavy atom. The summed E-state index contributed by atoms with van der Waals surface area (Å²) in [4.78, 5) is 0. The van der Waals surface area contributed by atoms with Gasteiger partial charge in [-0.2, -0.15) is 0 Å². The Labute approximate surface area is 167 Å². The first kappa shape index (κ1) is 20.0. The third-order valence-electron chi connectivity index (χ3n) is 9.82. The van der Waals surface area contributed by atoms with Gasteiger partial charge in [0.25, 0.3) is 0 Å². The van der Waals surface area contributed by atoms with Crippen molar-refractivity contribution in [2.24, 2.45) is 40.4 Å². The van der Waals surface area contributed by atoms with E-state index in [2.05, 4.69) is 33.8 Å². The van der Waals surface area contributed by atoms with Crippen molar-refractivity contribution >= 4 is 0 Å². The van der Waals surface area contributed by atoms with Gasteiger partial charge in [0.15, 0.2) is 0 Å². The van der Waals surface area contributed by atoms with Gasteiger partial charge in [0.2, 0.25) is 0 Å². The number of unbranched alkanes of at least 4 members (excludes halogenated alkanes) is 1. The molecule has 0 aromatic heterocycles. The van der Waals surface area contributed by atoms with Crippen molar-refractivity contribution in [2.45, 2.75) is 111 Å². The van der Waals surface area contributed by atoms with Gasteiger partial charge >= 0.3 is 0 Å². The molecule has 0 aromatic carbocycles. The van der Waals surface area contributed by atoms with Crippen LogP contribution < -0.4 is 0 Å². The normalized spacial score (nSPS) is 46.6. The summed E-state index contributed by atoms with van der Waals surface area (Å²) >= 11 is 0. The lowest BCUT2D eigenvalue weighted by atomic mass is 9.47. The minimum atomic E-state index is -0.573. The zero-order valence-electron chi connectivity index (χ0n) is 18.4. The third-order valence-corrected chi connectivity index (χ3v) is 9.82. The van der Waals surface area contributed by atoms with Crippen molar-refractivity contribution in [3.05, 3.63) is 11.6 Å². The van der Waals surface area contributed by atoms with Gasteiger partial charge in [0.05, 0.1) is 0 Å². The highest BCUT2D eigenvalue weighted by molar-refractivity contribution is 5.25. The molecule has 0 amide bonds. The Morgan fingerprint density at radius 2 is 1.85 bits per heavy atom. The van der Waals surface area contributed by atoms with Crippen LogP contribution in [0, 0.1) is 40.4 Å². The Bertz CT molecular complexity index is 563. The smallest absolute Gasteiger partial charge is 0.104 e. The average Bonchev–Trinajstić information content (AvgIpc) is 2.96. The van der Waals surface area contributed by atoms with Crippen molar-refractivity contribution in [3.63, 3.8) is 0 Å². The van der Waals surface area contributed by atoms with Crippen LogP contribution in [0.3, 0.4) is 0 Å². The van der Waals surface area contributed by atoms with Crippen LogP contribution in [-0.2, 0) is 0 Å². The van der Waals surface area contributed by atoms with E-state index in [4.69, 9.17) is 0 Å². The van der Waals surface area contributed by atoms with E-state index in [1.165, 1.54) is 63.4 Å². The second-order valence-electron chi connectivity index (χ2n) is 11.6. The number of hydrogen-bond donors (Lipinski definition) is 0. The zero-order valence-corrected chi connectivity index (χ0v) is 18.4. The molecule has 3 fully saturated rings. The third kappa shape index (κ3) is 3.44. The van der Waals surface area contributed by atoms with Gasteiger partial charge in [-0.1, -0.05) is 58.6 Å². The van der Waals surface area contributed by atoms with Crippen LogP contribution in [-0.4, -0.2) is 6.17 Å². The van der Waals surface area contributed by atoms with Crippen molar-refractivity contribution in [1.29, 1.82) is 0 Å². The molecule has 1 heteroatoms. The van der Waals surface area contributed by atoms with E-state index in [1.807, 2.05) is 0 Å². The fraction of sp³-hybridized carbons (Fsp3) is 0.923. The fourth-order valence-electron chi connectivity index (χ4n) is 8.14. The predicted molar refractivity (Wildman–Crippen MR) is 113 cm³/mol. The fourth-order valence-corrected chi connectivity index (χ4v) is 8.14. The van der Waals surface area contributed by atoms with E-state index in [9.17, 15) is 4.39 Å². The van der Waals surface area contributed by atoms with E-state index in [0.29, 0.717) is 10.8 Å². The van der Waals surface area contributed by atoms with Crippen molar-refractivity contribution in [1.82, 2.24) is 0 Å². The molecular weight excluding hydrogens is 331 g/mol. The number of alkyl halides is 1. The van der Waals surface area contributed by atoms with Gasteiger partial charge in [0, 0.05) is 6.42 Å². The molecule has 7 atom stereocenters. The summed E-state index contributed by atoms with van der Waals surface area (Å²) in [5, 5.41) is 0. The Morgan fingerprint density at radius 3 is 2.63 bits per heavy atom. The number of hydrogen-bond acceptors (Lipinski definition) is 0. The van der Waals surface area contributed by atoms with E-state index in [0.717, 1.165) is 48.9 Å². The van der Waals surface area contributed by atoms with Crippen LogP contribution in [0.15, 0.2) is 11.6 Å². The lowest BCUT2D eigenvalue weighted by Crippen LogP contribution is -2.50. The molecule has 3 saturated carbocycles. The van der Waals surface area contributed by atoms with Gasteiger partial charge in [-0.15, -0.1) is 0 Å². The molecule has 0 nitrogen and oxygen atoms in total. The SMILES string of the molecule is CC(C)CCCC[C@H]1CC[C@H]2[C@@H]3CC=C4C[C@@H](F)CC[C@]4(C)[C@H]3CC[C@]12C. The van der Waals surface area contributed by atoms with Crippen molar-refractivity contribution in [3.8, 4) is 0 Å². The molecule has 0 heterocycles. The van der Waals surface area contributed by atoms with E-state index >= 15 is 0 Å². The lowest BCUT2D eigenvalue weighted by molar-refractivity contribution is -0.0467. The molecule has 0 bridgehead atoms. The Balaban J connectivity index is 1.46. The first-order valence-corrected chi connectivity index (χ1v) is 12.2. The second kappa shape index (κ2) is 7.49. The number of rotatable bonds is 5. The average molecular weight is 375 g/mol. The molecule has 0 aliphatic heterocycles. The molecule has 0 radical (unpaired) electrons. The molecule has 0 saturated heterocycles. The highest BCUT2D eigenvalue weighted by Gasteiger charge is 2.58. The predicted octanol–water partition coefficient (Wildman–Crippen LogP) is 8.12. The van der Waals surface area contributed by atoms with Crippen LogP contribution in [0.25, 0.3) is 0 Å². The van der Waals surface area contributed by atoms with E-state index in [1.54, 1.807) is 0 Å². The Hall–Kier alpha value is -0.330. The zero-order chi connectivity index (χ0) is 19.2. The lowest BCUT2D eigenvalue weighted by Gasteiger charge is -2.58. The summed E-state index contributed by atoms with van der Waals surface area (Å²) in [6.07, 6.45) is 17.4. The quantitative estimate of drug-likeness (QED) is 0.336. The van der Waals surface area contributed by atoms with Crippen LogP contribution >= 0.6 is 0 Å². The van der Waals surface area contributed by atoms with Gasteiger partial charge in [-0.05, 0) is 91.8 Å². The van der Waals surface area contributed by atoms with Gasteiger partial charge < -0.3 is 0 Å². The maximum Gasteiger partial charge on any atom is 0.104 e. The highest BCUT2D eigenvalue weighted by atomic mass is 19.1. The molecule has 154 valence electrons. The second-order valence-corrected chi connectivity index (χ2v) is 11.6. The van der Waals surface area contributed by atoms with Crippen LogP contribution in [0.2, 0.25) is 0 Å². The standard InChI is InChI=1S/C26H43F/c1-18(2)7-5-6-8-19-10-12-23-22-11-9-20-17-21(27)13-15-26(20,4)24(22)14-16-25(19,23)3/h9,18-19,21-24H,5-8,10-17H2,1-4H3/t19-,21-,22-,23-,24-,25+,26-/m0/s1. The summed E-state index contributed by atoms with van der Waals surface area (Å²) in [7, 11) is 0. The number of halogens is 1. The molecule has 27 heavy (non-hydrogen) atoms. The first-order valence-electron chi connectivity index (χ1n) is 12.2. The molecule has 4 aliphatic carbocycles. The number of fused-ring (bicyclic) bond motifs is 5. The van der Waals surface area contributed by atoms with Crippen molar-refractivity contribution in [2.75, 3.05) is 0 Å². The van der Waals surface area contributed by atoms with E-state index < -0.39 is 6.17 Å². The van der Waals surface area contributed by atoms with Gasteiger partial charge in [-0.3, -0.25) is 0 Å². The van der Waals surface area contributed by atoms with Gasteiger partial charge in [0.1, 0.15) is 6.17 Å². The van der Waals surface area contributed by atoms with Crippen LogP contribution in [0.4, 0.5) is 4.39 Å². The number of allylic oxidation sites excluding steroid dienone is 2. The van der Waals surface area contributed by atoms with Crippen molar-refractivity contribution < 1.29 is 4.39 Å².